The highest BCUT2D eigenvalue weighted by molar-refractivity contribution is 7.89. The Bertz CT molecular complexity index is 1070. The Hall–Kier alpha value is -2.72. The zero-order chi connectivity index (χ0) is 21.8. The molecule has 162 valence electrons. The number of benzene rings is 2. The van der Waals surface area contributed by atoms with E-state index in [1.807, 2.05) is 10.9 Å². The molecule has 31 heavy (non-hydrogen) atoms. The van der Waals surface area contributed by atoms with Crippen LogP contribution in [0.15, 0.2) is 59.8 Å². The molecule has 2 aromatic carbocycles. The first kappa shape index (κ1) is 21.5. The Balaban J connectivity index is 1.52. The fourth-order valence-electron chi connectivity index (χ4n) is 3.77. The van der Waals surface area contributed by atoms with Gasteiger partial charge in [0.25, 0.3) is 0 Å². The normalized spacial score (nSPS) is 15.6. The van der Waals surface area contributed by atoms with Crippen LogP contribution in [0.3, 0.4) is 0 Å². The van der Waals surface area contributed by atoms with Crippen LogP contribution >= 0.6 is 0 Å². The van der Waals surface area contributed by atoms with E-state index in [4.69, 9.17) is 5.14 Å². The zero-order valence-corrected chi connectivity index (χ0v) is 17.7. The van der Waals surface area contributed by atoms with E-state index in [9.17, 15) is 13.7 Å². The molecule has 0 saturated carbocycles. The maximum Gasteiger partial charge on any atom is 0.228 e. The van der Waals surface area contributed by atoms with Gasteiger partial charge in [0.2, 0.25) is 5.91 Å². The molecule has 0 radical (unpaired) electrons. The lowest BCUT2D eigenvalue weighted by molar-refractivity contribution is -0.115. The molecule has 1 saturated heterocycles. The van der Waals surface area contributed by atoms with Crippen LogP contribution in [0.5, 0.6) is 0 Å². The highest BCUT2D eigenvalue weighted by Crippen LogP contribution is 2.30. The van der Waals surface area contributed by atoms with E-state index in [1.54, 1.807) is 42.6 Å². The third-order valence-electron chi connectivity index (χ3n) is 5.39. The van der Waals surface area contributed by atoms with Crippen LogP contribution in [-0.2, 0) is 22.6 Å². The summed E-state index contributed by atoms with van der Waals surface area (Å²) in [5.74, 6) is -0.798. The molecule has 4 rings (SSSR count). The van der Waals surface area contributed by atoms with Crippen LogP contribution in [0.2, 0.25) is 0 Å². The average molecular weight is 442 g/mol. The van der Waals surface area contributed by atoms with Gasteiger partial charge in [-0.05, 0) is 49.7 Å². The monoisotopic (exact) mass is 441 g/mol. The number of nitrogens with zero attached hydrogens (tertiary/aromatic N) is 2. The SMILES string of the molecule is N[S+]([O-])c1cc(NC(=O)Cc2ccccc2F)ccc1-c1cnn(C2CCNCC2)c1. The van der Waals surface area contributed by atoms with Crippen LogP contribution in [-0.4, -0.2) is 33.3 Å². The molecular formula is C22H24FN5O2S. The number of amides is 1. The van der Waals surface area contributed by atoms with Gasteiger partial charge in [0.05, 0.1) is 30.0 Å². The van der Waals surface area contributed by atoms with Crippen molar-refractivity contribution in [2.45, 2.75) is 30.2 Å². The third-order valence-corrected chi connectivity index (χ3v) is 6.16. The van der Waals surface area contributed by atoms with Crippen molar-refractivity contribution in [3.8, 4) is 11.1 Å². The number of piperidine rings is 1. The standard InChI is InChI=1S/C22H24FN5O2S/c23-20-4-2-1-3-15(20)11-22(29)27-17-5-6-19(21(12-17)31(24)30)16-13-26-28(14-16)18-7-9-25-10-8-18/h1-6,12-14,18,25H,7-11,24H2,(H,27,29). The summed E-state index contributed by atoms with van der Waals surface area (Å²) in [6, 6.07) is 11.5. The lowest BCUT2D eigenvalue weighted by Crippen LogP contribution is -2.29. The number of nitrogens with one attached hydrogen (secondary N) is 2. The van der Waals surface area contributed by atoms with Crippen molar-refractivity contribution < 1.29 is 13.7 Å². The van der Waals surface area contributed by atoms with Crippen molar-refractivity contribution in [3.05, 3.63) is 66.2 Å². The predicted octanol–water partition coefficient (Wildman–Crippen LogP) is 2.78. The first-order chi connectivity index (χ1) is 15.0. The molecule has 1 aliphatic rings. The number of anilines is 1. The summed E-state index contributed by atoms with van der Waals surface area (Å²) in [5, 5.41) is 16.3. The Kier molecular flexibility index (Phi) is 6.67. The first-order valence-corrected chi connectivity index (χ1v) is 11.3. The second-order valence-electron chi connectivity index (χ2n) is 7.51. The number of aromatic nitrogens is 2. The molecule has 1 amide bonds. The molecule has 4 N–H and O–H groups in total. The number of rotatable bonds is 6. The highest BCUT2D eigenvalue weighted by atomic mass is 32.2. The number of hydrogen-bond acceptors (Lipinski definition) is 5. The predicted molar refractivity (Wildman–Crippen MR) is 118 cm³/mol. The minimum atomic E-state index is -1.76. The van der Waals surface area contributed by atoms with Crippen LogP contribution in [0.25, 0.3) is 11.1 Å². The van der Waals surface area contributed by atoms with Crippen molar-refractivity contribution in [1.82, 2.24) is 15.1 Å². The van der Waals surface area contributed by atoms with Crippen molar-refractivity contribution in [3.63, 3.8) is 0 Å². The molecule has 1 unspecified atom stereocenters. The number of halogens is 1. The van der Waals surface area contributed by atoms with Gasteiger partial charge in [0, 0.05) is 29.1 Å². The highest BCUT2D eigenvalue weighted by Gasteiger charge is 2.20. The van der Waals surface area contributed by atoms with Gasteiger partial charge in [-0.2, -0.15) is 5.10 Å². The minimum absolute atomic E-state index is 0.0987. The lowest BCUT2D eigenvalue weighted by atomic mass is 10.1. The van der Waals surface area contributed by atoms with Crippen molar-refractivity contribution in [1.29, 1.82) is 0 Å². The molecule has 1 aromatic heterocycles. The number of carbonyl (C=O) groups excluding carboxylic acids is 1. The molecule has 1 aliphatic heterocycles. The number of nitrogens with two attached hydrogens (primary N) is 1. The quantitative estimate of drug-likeness (QED) is 0.510. The lowest BCUT2D eigenvalue weighted by Gasteiger charge is -2.22. The van der Waals surface area contributed by atoms with Crippen LogP contribution < -0.4 is 15.8 Å². The second-order valence-corrected chi connectivity index (χ2v) is 8.55. The Morgan fingerprint density at radius 1 is 1.29 bits per heavy atom. The van der Waals surface area contributed by atoms with Gasteiger partial charge in [-0.1, -0.05) is 18.2 Å². The molecule has 2 heterocycles. The topological polar surface area (TPSA) is 108 Å². The largest absolute Gasteiger partial charge is 0.593 e. The molecule has 7 nitrogen and oxygen atoms in total. The summed E-state index contributed by atoms with van der Waals surface area (Å²) < 4.78 is 27.9. The van der Waals surface area contributed by atoms with Crippen molar-refractivity contribution in [2.24, 2.45) is 5.14 Å². The third kappa shape index (κ3) is 5.13. The van der Waals surface area contributed by atoms with Gasteiger partial charge in [-0.3, -0.25) is 9.48 Å². The summed E-state index contributed by atoms with van der Waals surface area (Å²) in [5.41, 5.74) is 2.28. The summed E-state index contributed by atoms with van der Waals surface area (Å²) in [6.45, 7) is 1.92. The van der Waals surface area contributed by atoms with E-state index in [-0.39, 0.29) is 12.3 Å². The number of carbonyl (C=O) groups is 1. The van der Waals surface area contributed by atoms with Gasteiger partial charge < -0.3 is 15.2 Å². The maximum absolute atomic E-state index is 13.8. The van der Waals surface area contributed by atoms with E-state index in [0.29, 0.717) is 27.8 Å². The van der Waals surface area contributed by atoms with Gasteiger partial charge in [0.15, 0.2) is 4.90 Å². The fraction of sp³-hybridized carbons (Fsp3) is 0.273. The number of hydrogen-bond donors (Lipinski definition) is 3. The van der Waals surface area contributed by atoms with E-state index in [2.05, 4.69) is 15.7 Å². The molecule has 3 aromatic rings. The smallest absolute Gasteiger partial charge is 0.228 e. The molecular weight excluding hydrogens is 417 g/mol. The van der Waals surface area contributed by atoms with Crippen LogP contribution in [0.4, 0.5) is 10.1 Å². The molecule has 9 heteroatoms. The average Bonchev–Trinajstić information content (AvgIpc) is 3.26. The van der Waals surface area contributed by atoms with E-state index < -0.39 is 17.2 Å². The minimum Gasteiger partial charge on any atom is -0.593 e. The fourth-order valence-corrected chi connectivity index (χ4v) is 4.42. The summed E-state index contributed by atoms with van der Waals surface area (Å²) in [6.07, 6.45) is 5.59. The van der Waals surface area contributed by atoms with E-state index >= 15 is 0 Å². The van der Waals surface area contributed by atoms with Gasteiger partial charge in [0.1, 0.15) is 5.82 Å². The van der Waals surface area contributed by atoms with Gasteiger partial charge >= 0.3 is 0 Å². The van der Waals surface area contributed by atoms with Crippen LogP contribution in [0, 0.1) is 5.82 Å². The van der Waals surface area contributed by atoms with E-state index in [0.717, 1.165) is 31.5 Å². The van der Waals surface area contributed by atoms with Crippen molar-refractivity contribution >= 4 is 23.0 Å². The first-order valence-electron chi connectivity index (χ1n) is 10.1. The summed E-state index contributed by atoms with van der Waals surface area (Å²) >= 11 is -1.76. The molecule has 1 fully saturated rings. The second kappa shape index (κ2) is 9.61. The van der Waals surface area contributed by atoms with Crippen LogP contribution in [0.1, 0.15) is 24.4 Å². The Morgan fingerprint density at radius 3 is 2.81 bits per heavy atom. The maximum atomic E-state index is 13.8. The van der Waals surface area contributed by atoms with Gasteiger partial charge in [-0.25, -0.2) is 4.39 Å². The summed E-state index contributed by atoms with van der Waals surface area (Å²) in [4.78, 5) is 12.7. The van der Waals surface area contributed by atoms with Crippen molar-refractivity contribution in [2.75, 3.05) is 18.4 Å². The molecule has 0 aliphatic carbocycles. The Morgan fingerprint density at radius 2 is 2.06 bits per heavy atom. The van der Waals surface area contributed by atoms with Gasteiger partial charge in [-0.15, -0.1) is 5.14 Å². The molecule has 1 atom stereocenters. The molecule has 0 bridgehead atoms. The summed E-state index contributed by atoms with van der Waals surface area (Å²) in [7, 11) is 0. The Labute approximate surface area is 183 Å². The van der Waals surface area contributed by atoms with E-state index in [1.165, 1.54) is 6.07 Å². The zero-order valence-electron chi connectivity index (χ0n) is 16.9. The molecule has 0 spiro atoms.